The number of fused-ring (bicyclic) bond motifs is 5. The predicted octanol–water partition coefficient (Wildman–Crippen LogP) is 2.11. The molecule has 0 bridgehead atoms. The second-order valence-corrected chi connectivity index (χ2v) is 9.17. The minimum atomic E-state index is -0.427. The Morgan fingerprint density at radius 1 is 1.00 bits per heavy atom. The maximum Gasteiger partial charge on any atom is 0.198 e. The van der Waals surface area contributed by atoms with Crippen LogP contribution in [0.2, 0.25) is 0 Å². The Balaban J connectivity index is 1.68. The van der Waals surface area contributed by atoms with Crippen LogP contribution in [0.25, 0.3) is 0 Å². The number of hydrogen-bond donors (Lipinski definition) is 2. The van der Waals surface area contributed by atoms with Gasteiger partial charge in [-0.05, 0) is 60.2 Å². The van der Waals surface area contributed by atoms with Gasteiger partial charge in [0.1, 0.15) is 0 Å². The number of carbonyl (C=O) groups is 2. The van der Waals surface area contributed by atoms with Crippen molar-refractivity contribution in [2.75, 3.05) is 0 Å². The van der Waals surface area contributed by atoms with Gasteiger partial charge in [0.2, 0.25) is 0 Å². The van der Waals surface area contributed by atoms with Crippen molar-refractivity contribution in [1.29, 1.82) is 0 Å². The van der Waals surface area contributed by atoms with Gasteiger partial charge in [0.05, 0.1) is 12.2 Å². The lowest BCUT2D eigenvalue weighted by atomic mass is 9.45. The third kappa shape index (κ3) is 1.97. The number of Topliss-reactive ketones (excluding diaryl/α,β-unsaturated/α-hetero) is 2. The maximum atomic E-state index is 12.1. The smallest absolute Gasteiger partial charge is 0.198 e. The third-order valence-corrected chi connectivity index (χ3v) is 8.29. The zero-order valence-corrected chi connectivity index (χ0v) is 14.1. The van der Waals surface area contributed by atoms with Crippen LogP contribution in [0.4, 0.5) is 0 Å². The van der Waals surface area contributed by atoms with Crippen LogP contribution in [0, 0.1) is 34.5 Å². The Morgan fingerprint density at radius 3 is 2.48 bits per heavy atom. The highest BCUT2D eigenvalue weighted by atomic mass is 16.3. The van der Waals surface area contributed by atoms with E-state index in [1.165, 1.54) is 0 Å². The maximum absolute atomic E-state index is 12.1. The number of ketones is 2. The summed E-state index contributed by atoms with van der Waals surface area (Å²) in [6.07, 6.45) is 4.39. The first-order valence-electron chi connectivity index (χ1n) is 9.19. The van der Waals surface area contributed by atoms with Gasteiger partial charge in [-0.2, -0.15) is 0 Å². The van der Waals surface area contributed by atoms with E-state index in [1.807, 2.05) is 0 Å². The molecule has 0 saturated heterocycles. The van der Waals surface area contributed by atoms with Gasteiger partial charge in [-0.25, -0.2) is 0 Å². The van der Waals surface area contributed by atoms with Gasteiger partial charge in [0, 0.05) is 19.3 Å². The highest BCUT2D eigenvalue weighted by Crippen LogP contribution is 2.65. The highest BCUT2D eigenvalue weighted by molar-refractivity contribution is 6.38. The minimum absolute atomic E-state index is 0.0947. The summed E-state index contributed by atoms with van der Waals surface area (Å²) in [5.41, 5.74) is -0.277. The molecule has 4 aliphatic carbocycles. The molecule has 0 spiro atoms. The number of carbonyl (C=O) groups excluding carboxylic acids is 2. The molecule has 4 heteroatoms. The third-order valence-electron chi connectivity index (χ3n) is 8.29. The predicted molar refractivity (Wildman–Crippen MR) is 84.5 cm³/mol. The molecule has 1 unspecified atom stereocenters. The quantitative estimate of drug-likeness (QED) is 0.670. The summed E-state index contributed by atoms with van der Waals surface area (Å²) in [4.78, 5) is 24.0. The lowest BCUT2D eigenvalue weighted by Gasteiger charge is -2.59. The molecule has 4 saturated carbocycles. The van der Waals surface area contributed by atoms with Gasteiger partial charge >= 0.3 is 0 Å². The van der Waals surface area contributed by atoms with Gasteiger partial charge < -0.3 is 10.2 Å². The number of aliphatic hydroxyl groups excluding tert-OH is 2. The second-order valence-electron chi connectivity index (χ2n) is 9.17. The fourth-order valence-corrected chi connectivity index (χ4v) is 6.96. The van der Waals surface area contributed by atoms with Crippen molar-refractivity contribution in [1.82, 2.24) is 0 Å². The van der Waals surface area contributed by atoms with E-state index in [-0.39, 0.29) is 28.3 Å². The molecule has 128 valence electrons. The van der Waals surface area contributed by atoms with Gasteiger partial charge in [-0.3, -0.25) is 9.59 Å². The van der Waals surface area contributed by atoms with Crippen molar-refractivity contribution in [3.63, 3.8) is 0 Å². The summed E-state index contributed by atoms with van der Waals surface area (Å²) >= 11 is 0. The molecule has 4 aliphatic rings. The average molecular weight is 320 g/mol. The standard InChI is InChI=1S/C19H28O4/c1-18-6-5-12-11(17(18)14(21)8-16(18)23)4-3-10-7-13(20)15(22)9-19(10,12)2/h10-12,14,16-17,21,23H,3-9H2,1-2H3/t10?,11-,12+,14-,16+,17-,18-,19+/m1/s1. The molecule has 0 aromatic heterocycles. The van der Waals surface area contributed by atoms with Crippen molar-refractivity contribution >= 4 is 11.6 Å². The van der Waals surface area contributed by atoms with Crippen LogP contribution in [0.5, 0.6) is 0 Å². The lowest BCUT2D eigenvalue weighted by molar-refractivity contribution is -0.159. The first-order chi connectivity index (χ1) is 10.8. The van der Waals surface area contributed by atoms with Gasteiger partial charge in [-0.1, -0.05) is 13.8 Å². The Morgan fingerprint density at radius 2 is 1.74 bits per heavy atom. The Hall–Kier alpha value is -0.740. The monoisotopic (exact) mass is 320 g/mol. The molecule has 0 aliphatic heterocycles. The van der Waals surface area contributed by atoms with Crippen molar-refractivity contribution in [3.05, 3.63) is 0 Å². The largest absolute Gasteiger partial charge is 0.393 e. The highest BCUT2D eigenvalue weighted by Gasteiger charge is 2.63. The molecule has 2 N–H and O–H groups in total. The summed E-state index contributed by atoms with van der Waals surface area (Å²) in [6.45, 7) is 4.35. The summed E-state index contributed by atoms with van der Waals surface area (Å²) in [5, 5.41) is 21.1. The molecule has 4 fully saturated rings. The van der Waals surface area contributed by atoms with E-state index in [0.717, 1.165) is 25.7 Å². The summed E-state index contributed by atoms with van der Waals surface area (Å²) < 4.78 is 0. The van der Waals surface area contributed by atoms with Crippen molar-refractivity contribution in [2.24, 2.45) is 34.5 Å². The van der Waals surface area contributed by atoms with Crippen molar-refractivity contribution < 1.29 is 19.8 Å². The van der Waals surface area contributed by atoms with E-state index in [1.54, 1.807) is 0 Å². The Labute approximate surface area is 137 Å². The van der Waals surface area contributed by atoms with Crippen LogP contribution in [-0.2, 0) is 9.59 Å². The molecule has 0 aromatic rings. The molecule has 4 rings (SSSR count). The first kappa shape index (κ1) is 15.8. The molecule has 0 amide bonds. The Kier molecular flexibility index (Phi) is 3.35. The molecular weight excluding hydrogens is 292 g/mol. The summed E-state index contributed by atoms with van der Waals surface area (Å²) in [7, 11) is 0. The molecule has 23 heavy (non-hydrogen) atoms. The van der Waals surface area contributed by atoms with Crippen molar-refractivity contribution in [2.45, 2.75) is 71.0 Å². The SMILES string of the molecule is C[C@]12CC[C@H]3[C@@H](CCC4CC(=O)C(=O)C[C@@]43C)[C@@H]1[C@H](O)C[C@@H]2O. The first-order valence-corrected chi connectivity index (χ1v) is 9.19. The lowest BCUT2D eigenvalue weighted by Crippen LogP contribution is -2.56. The normalized spacial score (nSPS) is 56.0. The molecule has 0 aromatic carbocycles. The van der Waals surface area contributed by atoms with Gasteiger partial charge in [-0.15, -0.1) is 0 Å². The van der Waals surface area contributed by atoms with E-state index in [4.69, 9.17) is 0 Å². The zero-order chi connectivity index (χ0) is 16.6. The van der Waals surface area contributed by atoms with E-state index in [0.29, 0.717) is 37.0 Å². The summed E-state index contributed by atoms with van der Waals surface area (Å²) in [6, 6.07) is 0. The minimum Gasteiger partial charge on any atom is -0.393 e. The molecule has 0 heterocycles. The Bertz CT molecular complexity index is 558. The van der Waals surface area contributed by atoms with Crippen molar-refractivity contribution in [3.8, 4) is 0 Å². The average Bonchev–Trinajstić information content (AvgIpc) is 2.71. The van der Waals surface area contributed by atoms with E-state index in [9.17, 15) is 19.8 Å². The van der Waals surface area contributed by atoms with Crippen LogP contribution in [-0.4, -0.2) is 34.0 Å². The van der Waals surface area contributed by atoms with Gasteiger partial charge in [0.15, 0.2) is 11.6 Å². The zero-order valence-electron chi connectivity index (χ0n) is 14.1. The number of aliphatic hydroxyl groups is 2. The van der Waals surface area contributed by atoms with Crippen LogP contribution in [0.15, 0.2) is 0 Å². The van der Waals surface area contributed by atoms with E-state index < -0.39 is 12.2 Å². The van der Waals surface area contributed by atoms with Crippen LogP contribution in [0.1, 0.15) is 58.8 Å². The molecule has 4 nitrogen and oxygen atoms in total. The van der Waals surface area contributed by atoms with E-state index >= 15 is 0 Å². The molecule has 8 atom stereocenters. The second kappa shape index (κ2) is 4.89. The topological polar surface area (TPSA) is 74.6 Å². The number of hydrogen-bond acceptors (Lipinski definition) is 4. The fraction of sp³-hybridized carbons (Fsp3) is 0.895. The number of rotatable bonds is 0. The molecular formula is C19H28O4. The van der Waals surface area contributed by atoms with Gasteiger partial charge in [0.25, 0.3) is 0 Å². The molecule has 0 radical (unpaired) electrons. The van der Waals surface area contributed by atoms with Crippen LogP contribution in [0.3, 0.4) is 0 Å². The van der Waals surface area contributed by atoms with E-state index in [2.05, 4.69) is 13.8 Å². The summed E-state index contributed by atoms with van der Waals surface area (Å²) in [5.74, 6) is 0.871. The fourth-order valence-electron chi connectivity index (χ4n) is 6.96. The van der Waals surface area contributed by atoms with Crippen LogP contribution < -0.4 is 0 Å². The van der Waals surface area contributed by atoms with Crippen LogP contribution >= 0.6 is 0 Å².